The Bertz CT molecular complexity index is 457. The lowest BCUT2D eigenvalue weighted by atomic mass is 10.0. The predicted octanol–water partition coefficient (Wildman–Crippen LogP) is 2.80. The molecule has 1 aromatic heterocycles. The van der Waals surface area contributed by atoms with Crippen LogP contribution in [0.4, 0.5) is 0 Å². The average molecular weight is 266 g/mol. The number of aliphatic hydroxyl groups excluding tert-OH is 1. The number of hydrogen-bond acceptors (Lipinski definition) is 4. The van der Waals surface area contributed by atoms with Gasteiger partial charge in [0.2, 0.25) is 11.6 Å². The zero-order valence-electron chi connectivity index (χ0n) is 10.8. The lowest BCUT2D eigenvalue weighted by Gasteiger charge is -1.99. The van der Waals surface area contributed by atoms with E-state index in [1.807, 2.05) is 25.1 Å². The fraction of sp³-hybridized carbons (Fsp3) is 0.429. The van der Waals surface area contributed by atoms with E-state index in [2.05, 4.69) is 0 Å². The van der Waals surface area contributed by atoms with Crippen LogP contribution in [-0.4, -0.2) is 23.3 Å². The van der Waals surface area contributed by atoms with Gasteiger partial charge in [0.05, 0.1) is 4.88 Å². The van der Waals surface area contributed by atoms with E-state index in [0.29, 0.717) is 4.88 Å². The van der Waals surface area contributed by atoms with E-state index in [0.717, 1.165) is 4.88 Å². The van der Waals surface area contributed by atoms with Gasteiger partial charge in [0.25, 0.3) is 0 Å². The zero-order valence-corrected chi connectivity index (χ0v) is 11.7. The van der Waals surface area contributed by atoms with Gasteiger partial charge in [-0.05, 0) is 24.1 Å². The van der Waals surface area contributed by atoms with Crippen molar-refractivity contribution < 1.29 is 14.7 Å². The highest BCUT2D eigenvalue weighted by Gasteiger charge is 2.20. The summed E-state index contributed by atoms with van der Waals surface area (Å²) in [6.45, 7) is 5.44. The Morgan fingerprint density at radius 3 is 2.56 bits per heavy atom. The first-order valence-electron chi connectivity index (χ1n) is 5.93. The summed E-state index contributed by atoms with van der Waals surface area (Å²) in [6.07, 6.45) is 3.74. The van der Waals surface area contributed by atoms with Crippen LogP contribution in [-0.2, 0) is 4.79 Å². The van der Waals surface area contributed by atoms with Gasteiger partial charge < -0.3 is 5.11 Å². The first-order valence-corrected chi connectivity index (χ1v) is 6.74. The Morgan fingerprint density at radius 1 is 1.33 bits per heavy atom. The van der Waals surface area contributed by atoms with Gasteiger partial charge in [-0.15, -0.1) is 11.3 Å². The molecule has 4 heteroatoms. The first-order chi connectivity index (χ1) is 8.45. The van der Waals surface area contributed by atoms with Crippen molar-refractivity contribution in [3.05, 3.63) is 28.0 Å². The van der Waals surface area contributed by atoms with E-state index in [1.165, 1.54) is 11.3 Å². The zero-order chi connectivity index (χ0) is 13.7. The van der Waals surface area contributed by atoms with Crippen LogP contribution in [0.2, 0.25) is 0 Å². The van der Waals surface area contributed by atoms with Crippen LogP contribution < -0.4 is 0 Å². The van der Waals surface area contributed by atoms with Crippen LogP contribution in [0.1, 0.15) is 35.3 Å². The summed E-state index contributed by atoms with van der Waals surface area (Å²) >= 11 is 1.30. The van der Waals surface area contributed by atoms with Gasteiger partial charge in [-0.25, -0.2) is 0 Å². The summed E-state index contributed by atoms with van der Waals surface area (Å²) in [5, 5.41) is 8.89. The first kappa shape index (κ1) is 14.8. The molecule has 0 fully saturated rings. The molecule has 0 saturated carbocycles. The highest BCUT2D eigenvalue weighted by atomic mass is 32.1. The van der Waals surface area contributed by atoms with E-state index in [9.17, 15) is 9.59 Å². The van der Waals surface area contributed by atoms with Crippen LogP contribution in [0, 0.1) is 11.8 Å². The monoisotopic (exact) mass is 266 g/mol. The molecule has 0 spiro atoms. The molecule has 1 unspecified atom stereocenters. The summed E-state index contributed by atoms with van der Waals surface area (Å²) in [7, 11) is 0. The molecule has 1 rings (SSSR count). The lowest BCUT2D eigenvalue weighted by Crippen LogP contribution is -2.18. The van der Waals surface area contributed by atoms with Crippen LogP contribution in [0.25, 0.3) is 6.08 Å². The molecule has 0 aliphatic carbocycles. The highest BCUT2D eigenvalue weighted by molar-refractivity contribution is 7.15. The van der Waals surface area contributed by atoms with Crippen molar-refractivity contribution in [2.75, 3.05) is 6.61 Å². The maximum absolute atomic E-state index is 11.8. The maximum Gasteiger partial charge on any atom is 0.238 e. The molecule has 0 radical (unpaired) electrons. The Balaban J connectivity index is 2.78. The lowest BCUT2D eigenvalue weighted by molar-refractivity contribution is -0.117. The molecular formula is C14H18O3S. The molecule has 1 N–H and O–H groups in total. The predicted molar refractivity (Wildman–Crippen MR) is 73.8 cm³/mol. The summed E-state index contributed by atoms with van der Waals surface area (Å²) in [5.74, 6) is -0.947. The molecule has 0 aromatic carbocycles. The number of ketones is 2. The quantitative estimate of drug-likeness (QED) is 0.636. The molecule has 1 aromatic rings. The average Bonchev–Trinajstić information content (AvgIpc) is 2.82. The van der Waals surface area contributed by atoms with E-state index in [4.69, 9.17) is 5.11 Å². The molecule has 0 amide bonds. The minimum Gasteiger partial charge on any atom is -0.396 e. The van der Waals surface area contributed by atoms with E-state index < -0.39 is 5.78 Å². The van der Waals surface area contributed by atoms with Crippen molar-refractivity contribution in [1.82, 2.24) is 0 Å². The van der Waals surface area contributed by atoms with Crippen molar-refractivity contribution >= 4 is 29.0 Å². The highest BCUT2D eigenvalue weighted by Crippen LogP contribution is 2.20. The van der Waals surface area contributed by atoms with Gasteiger partial charge in [0, 0.05) is 17.4 Å². The van der Waals surface area contributed by atoms with Crippen molar-refractivity contribution in [3.63, 3.8) is 0 Å². The molecular weight excluding hydrogens is 248 g/mol. The SMILES string of the molecule is CC(/C=C/c1ccc(C(=O)C(=O)C(C)C)s1)CO. The fourth-order valence-electron chi connectivity index (χ4n) is 1.27. The Morgan fingerprint density at radius 2 is 2.00 bits per heavy atom. The summed E-state index contributed by atoms with van der Waals surface area (Å²) < 4.78 is 0. The second-order valence-electron chi connectivity index (χ2n) is 4.57. The second kappa shape index (κ2) is 6.61. The third-order valence-corrected chi connectivity index (χ3v) is 3.53. The molecule has 1 heterocycles. The van der Waals surface area contributed by atoms with Gasteiger partial charge >= 0.3 is 0 Å². The van der Waals surface area contributed by atoms with Gasteiger partial charge in [0.15, 0.2) is 0 Å². The van der Waals surface area contributed by atoms with E-state index in [-0.39, 0.29) is 24.2 Å². The molecule has 18 heavy (non-hydrogen) atoms. The summed E-state index contributed by atoms with van der Waals surface area (Å²) in [6, 6.07) is 3.49. The van der Waals surface area contributed by atoms with Crippen LogP contribution in [0.15, 0.2) is 18.2 Å². The smallest absolute Gasteiger partial charge is 0.238 e. The molecule has 0 aliphatic heterocycles. The van der Waals surface area contributed by atoms with Gasteiger partial charge in [-0.3, -0.25) is 9.59 Å². The molecule has 0 saturated heterocycles. The number of thiophene rings is 1. The molecule has 1 atom stereocenters. The summed E-state index contributed by atoms with van der Waals surface area (Å²) in [4.78, 5) is 24.8. The van der Waals surface area contributed by atoms with Gasteiger partial charge in [-0.1, -0.05) is 26.8 Å². The van der Waals surface area contributed by atoms with Crippen molar-refractivity contribution in [2.45, 2.75) is 20.8 Å². The fourth-order valence-corrected chi connectivity index (χ4v) is 2.13. The summed E-state index contributed by atoms with van der Waals surface area (Å²) in [5.41, 5.74) is 0. The Kier molecular flexibility index (Phi) is 5.44. The minimum absolute atomic E-state index is 0.0866. The van der Waals surface area contributed by atoms with Crippen molar-refractivity contribution in [3.8, 4) is 0 Å². The number of hydrogen-bond donors (Lipinski definition) is 1. The topological polar surface area (TPSA) is 54.4 Å². The Hall–Kier alpha value is -1.26. The van der Waals surface area contributed by atoms with Crippen LogP contribution >= 0.6 is 11.3 Å². The number of rotatable bonds is 6. The van der Waals surface area contributed by atoms with Crippen molar-refractivity contribution in [2.24, 2.45) is 11.8 Å². The molecule has 0 bridgehead atoms. The standard InChI is InChI=1S/C14H18O3S/c1-9(2)13(16)14(17)12-7-6-11(18-12)5-4-10(3)8-15/h4-7,9-10,15H,8H2,1-3H3/b5-4+. The van der Waals surface area contributed by atoms with Crippen LogP contribution in [0.5, 0.6) is 0 Å². The number of carbonyl (C=O) groups is 2. The van der Waals surface area contributed by atoms with E-state index in [1.54, 1.807) is 19.9 Å². The van der Waals surface area contributed by atoms with Gasteiger partial charge in [0.1, 0.15) is 0 Å². The number of Topliss-reactive ketones (excluding diaryl/α,β-unsaturated/α-hetero) is 2. The number of aliphatic hydroxyl groups is 1. The molecule has 0 aliphatic rings. The molecule has 3 nitrogen and oxygen atoms in total. The normalized spacial score (nSPS) is 13.2. The van der Waals surface area contributed by atoms with Gasteiger partial charge in [-0.2, -0.15) is 0 Å². The maximum atomic E-state index is 11.8. The van der Waals surface area contributed by atoms with E-state index >= 15 is 0 Å². The third kappa shape index (κ3) is 3.89. The number of carbonyl (C=O) groups excluding carboxylic acids is 2. The minimum atomic E-state index is -0.412. The third-order valence-electron chi connectivity index (χ3n) is 2.48. The molecule has 98 valence electrons. The largest absolute Gasteiger partial charge is 0.396 e. The van der Waals surface area contributed by atoms with Crippen LogP contribution in [0.3, 0.4) is 0 Å². The van der Waals surface area contributed by atoms with Crippen molar-refractivity contribution in [1.29, 1.82) is 0 Å². The second-order valence-corrected chi connectivity index (χ2v) is 5.68. The Labute approximate surface area is 111 Å².